The summed E-state index contributed by atoms with van der Waals surface area (Å²) in [5.74, 6) is 0.0661. The van der Waals surface area contributed by atoms with Gasteiger partial charge < -0.3 is 4.74 Å². The lowest BCUT2D eigenvalue weighted by Crippen LogP contribution is -2.03. The van der Waals surface area contributed by atoms with Gasteiger partial charge in [0, 0.05) is 6.07 Å². The number of alkyl halides is 1. The first-order valence-corrected chi connectivity index (χ1v) is 6.08. The summed E-state index contributed by atoms with van der Waals surface area (Å²) in [5, 5.41) is 7.98. The van der Waals surface area contributed by atoms with Crippen molar-refractivity contribution in [3.05, 3.63) is 35.4 Å². The fourth-order valence-corrected chi connectivity index (χ4v) is 1.99. The number of benzene rings is 1. The number of rotatable bonds is 4. The van der Waals surface area contributed by atoms with Crippen LogP contribution in [0, 0.1) is 5.82 Å². The quantitative estimate of drug-likeness (QED) is 0.801. The van der Waals surface area contributed by atoms with Gasteiger partial charge in [-0.3, -0.25) is 0 Å². The van der Waals surface area contributed by atoms with E-state index in [0.29, 0.717) is 11.6 Å². The van der Waals surface area contributed by atoms with E-state index >= 15 is 0 Å². The molecular formula is C12H13ClFN3O. The molecule has 18 heavy (non-hydrogen) atoms. The van der Waals surface area contributed by atoms with Crippen LogP contribution in [0.3, 0.4) is 0 Å². The molecule has 1 aromatic carbocycles. The molecule has 2 aromatic rings. The first-order chi connectivity index (χ1) is 8.71. The van der Waals surface area contributed by atoms with Crippen molar-refractivity contribution in [2.75, 3.05) is 7.11 Å². The molecule has 0 fully saturated rings. The molecule has 0 aliphatic rings. The van der Waals surface area contributed by atoms with E-state index in [2.05, 4.69) is 10.3 Å². The van der Waals surface area contributed by atoms with E-state index in [1.54, 1.807) is 16.8 Å². The van der Waals surface area contributed by atoms with Gasteiger partial charge in [-0.25, -0.2) is 9.07 Å². The van der Waals surface area contributed by atoms with Gasteiger partial charge in [0.15, 0.2) is 11.6 Å². The molecule has 1 heterocycles. The number of hydrogen-bond acceptors (Lipinski definition) is 3. The second-order valence-electron chi connectivity index (χ2n) is 3.70. The molecule has 0 amide bonds. The van der Waals surface area contributed by atoms with E-state index in [1.807, 2.05) is 6.92 Å². The van der Waals surface area contributed by atoms with Crippen LogP contribution in [0.15, 0.2) is 18.2 Å². The van der Waals surface area contributed by atoms with Crippen molar-refractivity contribution in [2.24, 2.45) is 0 Å². The lowest BCUT2D eigenvalue weighted by molar-refractivity contribution is 0.386. The molecule has 0 aliphatic heterocycles. The Bertz CT molecular complexity index is 556. The van der Waals surface area contributed by atoms with E-state index in [0.717, 1.165) is 17.8 Å². The third-order valence-corrected chi connectivity index (χ3v) is 2.94. The Balaban J connectivity index is 2.48. The molecule has 0 N–H and O–H groups in total. The number of ether oxygens (including phenoxy) is 1. The first kappa shape index (κ1) is 12.8. The van der Waals surface area contributed by atoms with Crippen molar-refractivity contribution in [1.29, 1.82) is 0 Å². The summed E-state index contributed by atoms with van der Waals surface area (Å²) in [4.78, 5) is 0. The number of methoxy groups -OCH3 is 1. The van der Waals surface area contributed by atoms with Crippen LogP contribution in [0.2, 0.25) is 0 Å². The summed E-state index contributed by atoms with van der Waals surface area (Å²) in [6, 6.07) is 4.66. The molecule has 2 rings (SSSR count). The van der Waals surface area contributed by atoms with Crippen LogP contribution in [0.4, 0.5) is 4.39 Å². The van der Waals surface area contributed by atoms with Crippen LogP contribution in [0.25, 0.3) is 5.69 Å². The van der Waals surface area contributed by atoms with Gasteiger partial charge >= 0.3 is 0 Å². The van der Waals surface area contributed by atoms with E-state index in [1.165, 1.54) is 13.2 Å². The Hall–Kier alpha value is -1.62. The number of halogens is 2. The molecule has 4 nitrogen and oxygen atoms in total. The highest BCUT2D eigenvalue weighted by molar-refractivity contribution is 6.16. The van der Waals surface area contributed by atoms with Gasteiger partial charge in [-0.1, -0.05) is 12.1 Å². The SMILES string of the molecule is CCc1c(CCl)nnn1-c1ccc(OC)c(F)c1. The topological polar surface area (TPSA) is 39.9 Å². The molecular weight excluding hydrogens is 257 g/mol. The van der Waals surface area contributed by atoms with Crippen molar-refractivity contribution in [3.8, 4) is 11.4 Å². The smallest absolute Gasteiger partial charge is 0.167 e. The fraction of sp³-hybridized carbons (Fsp3) is 0.333. The van der Waals surface area contributed by atoms with Crippen LogP contribution in [-0.2, 0) is 12.3 Å². The van der Waals surface area contributed by atoms with Gasteiger partial charge in [-0.15, -0.1) is 16.7 Å². The molecule has 0 saturated carbocycles. The summed E-state index contributed by atoms with van der Waals surface area (Å²) >= 11 is 5.78. The Labute approximate surface area is 109 Å². The summed E-state index contributed by atoms with van der Waals surface area (Å²) in [6.45, 7) is 1.98. The van der Waals surface area contributed by atoms with Gasteiger partial charge in [0.1, 0.15) is 5.69 Å². The van der Waals surface area contributed by atoms with Crippen molar-refractivity contribution < 1.29 is 9.13 Å². The monoisotopic (exact) mass is 269 g/mol. The van der Waals surface area contributed by atoms with E-state index in [-0.39, 0.29) is 5.75 Å². The zero-order valence-corrected chi connectivity index (χ0v) is 10.9. The number of nitrogens with zero attached hydrogens (tertiary/aromatic N) is 3. The molecule has 0 spiro atoms. The fourth-order valence-electron chi connectivity index (χ4n) is 1.78. The lowest BCUT2D eigenvalue weighted by atomic mass is 10.2. The second-order valence-corrected chi connectivity index (χ2v) is 3.97. The molecule has 0 atom stereocenters. The summed E-state index contributed by atoms with van der Waals surface area (Å²) in [7, 11) is 1.43. The van der Waals surface area contributed by atoms with Gasteiger partial charge in [-0.2, -0.15) is 0 Å². The van der Waals surface area contributed by atoms with E-state index < -0.39 is 5.82 Å². The highest BCUT2D eigenvalue weighted by atomic mass is 35.5. The average molecular weight is 270 g/mol. The predicted octanol–water partition coefficient (Wildman–Crippen LogP) is 2.72. The molecule has 6 heteroatoms. The van der Waals surface area contributed by atoms with E-state index in [9.17, 15) is 4.39 Å². The summed E-state index contributed by atoms with van der Waals surface area (Å²) in [6.07, 6.45) is 0.725. The van der Waals surface area contributed by atoms with Crippen molar-refractivity contribution in [1.82, 2.24) is 15.0 Å². The molecule has 0 aliphatic carbocycles. The van der Waals surface area contributed by atoms with Gasteiger partial charge in [0.05, 0.1) is 24.4 Å². The van der Waals surface area contributed by atoms with Crippen molar-refractivity contribution in [2.45, 2.75) is 19.2 Å². The Morgan fingerprint density at radius 2 is 2.22 bits per heavy atom. The molecule has 1 aromatic heterocycles. The minimum Gasteiger partial charge on any atom is -0.494 e. The Morgan fingerprint density at radius 3 is 2.78 bits per heavy atom. The molecule has 0 unspecified atom stereocenters. The summed E-state index contributed by atoms with van der Waals surface area (Å²) < 4.78 is 20.1. The zero-order chi connectivity index (χ0) is 13.1. The van der Waals surface area contributed by atoms with Gasteiger partial charge in [-0.05, 0) is 18.6 Å². The largest absolute Gasteiger partial charge is 0.494 e. The molecule has 96 valence electrons. The maximum Gasteiger partial charge on any atom is 0.167 e. The lowest BCUT2D eigenvalue weighted by Gasteiger charge is -2.07. The standard InChI is InChI=1S/C12H13ClFN3O/c1-3-11-10(7-13)15-16-17(11)8-4-5-12(18-2)9(14)6-8/h4-6H,3,7H2,1-2H3. The highest BCUT2D eigenvalue weighted by Gasteiger charge is 2.13. The number of hydrogen-bond donors (Lipinski definition) is 0. The minimum absolute atomic E-state index is 0.203. The third-order valence-electron chi connectivity index (χ3n) is 2.69. The molecule has 0 bridgehead atoms. The average Bonchev–Trinajstić information content (AvgIpc) is 2.81. The number of aromatic nitrogens is 3. The maximum absolute atomic E-state index is 13.6. The predicted molar refractivity (Wildman–Crippen MR) is 66.8 cm³/mol. The second kappa shape index (κ2) is 5.35. The molecule has 0 saturated heterocycles. The summed E-state index contributed by atoms with van der Waals surface area (Å²) in [5.41, 5.74) is 2.21. The van der Waals surface area contributed by atoms with Crippen molar-refractivity contribution in [3.63, 3.8) is 0 Å². The van der Waals surface area contributed by atoms with Crippen LogP contribution in [0.5, 0.6) is 5.75 Å². The van der Waals surface area contributed by atoms with Crippen LogP contribution in [-0.4, -0.2) is 22.1 Å². The molecule has 0 radical (unpaired) electrons. The Kier molecular flexibility index (Phi) is 3.81. The van der Waals surface area contributed by atoms with Crippen molar-refractivity contribution >= 4 is 11.6 Å². The minimum atomic E-state index is -0.431. The normalized spacial score (nSPS) is 10.7. The maximum atomic E-state index is 13.6. The van der Waals surface area contributed by atoms with Crippen LogP contribution < -0.4 is 4.74 Å². The van der Waals surface area contributed by atoms with Crippen LogP contribution >= 0.6 is 11.6 Å². The zero-order valence-electron chi connectivity index (χ0n) is 10.2. The van der Waals surface area contributed by atoms with E-state index in [4.69, 9.17) is 16.3 Å². The van der Waals surface area contributed by atoms with Gasteiger partial charge in [0.25, 0.3) is 0 Å². The van der Waals surface area contributed by atoms with Gasteiger partial charge in [0.2, 0.25) is 0 Å². The third kappa shape index (κ3) is 2.18. The Morgan fingerprint density at radius 1 is 1.44 bits per heavy atom. The highest BCUT2D eigenvalue weighted by Crippen LogP contribution is 2.21. The van der Waals surface area contributed by atoms with Crippen LogP contribution in [0.1, 0.15) is 18.3 Å². The first-order valence-electron chi connectivity index (χ1n) is 5.54.